The van der Waals surface area contributed by atoms with Crippen LogP contribution in [0.4, 0.5) is 0 Å². The molecule has 0 bridgehead atoms. The van der Waals surface area contributed by atoms with Crippen molar-refractivity contribution in [2.75, 3.05) is 26.0 Å². The first-order valence-electron chi connectivity index (χ1n) is 9.80. The normalized spacial score (nSPS) is 17.0. The van der Waals surface area contributed by atoms with E-state index in [-0.39, 0.29) is 6.61 Å². The average Bonchev–Trinajstić information content (AvgIpc) is 3.07. The molecule has 0 spiro atoms. The second-order valence-corrected chi connectivity index (χ2v) is 10.8. The van der Waals surface area contributed by atoms with E-state index in [9.17, 15) is 8.42 Å². The van der Waals surface area contributed by atoms with Gasteiger partial charge in [-0.1, -0.05) is 56.1 Å². The van der Waals surface area contributed by atoms with E-state index >= 15 is 0 Å². The Bertz CT molecular complexity index is 839. The fourth-order valence-electron chi connectivity index (χ4n) is 3.21. The van der Waals surface area contributed by atoms with Crippen LogP contribution in [0.5, 0.6) is 0 Å². The largest absolute Gasteiger partial charge is 0.300 e. The standard InChI is InChI=1S/C13H18BrN.C9H11BrO3S/c1-11-3-2-9-15(11)10-8-12-4-6-13(14)7-5-12;1-14(11,12)13-7-6-8-2-4-9(10)5-3-8/h4-7,11H,2-3,8-10H2,1H3;2-5H,6-7H2,1H3/t11-;/m1./s1. The number of nitrogens with zero attached hydrogens (tertiary/aromatic N) is 1. The number of halogens is 2. The van der Waals surface area contributed by atoms with Gasteiger partial charge >= 0.3 is 0 Å². The van der Waals surface area contributed by atoms with E-state index in [1.807, 2.05) is 24.3 Å². The van der Waals surface area contributed by atoms with Gasteiger partial charge in [-0.05, 0) is 74.5 Å². The zero-order valence-electron chi connectivity index (χ0n) is 17.0. The fraction of sp³-hybridized carbons (Fsp3) is 0.455. The predicted molar refractivity (Wildman–Crippen MR) is 127 cm³/mol. The predicted octanol–water partition coefficient (Wildman–Crippen LogP) is 5.44. The molecule has 0 aromatic heterocycles. The zero-order chi connectivity index (χ0) is 21.3. The monoisotopic (exact) mass is 545 g/mol. The molecule has 1 atom stereocenters. The van der Waals surface area contributed by atoms with Gasteiger partial charge in [-0.25, -0.2) is 0 Å². The summed E-state index contributed by atoms with van der Waals surface area (Å²) in [6, 6.07) is 17.2. The van der Waals surface area contributed by atoms with Crippen molar-refractivity contribution < 1.29 is 12.6 Å². The van der Waals surface area contributed by atoms with E-state index in [1.54, 1.807) is 0 Å². The molecular formula is C22H29Br2NO3S. The van der Waals surface area contributed by atoms with Crippen LogP contribution in [0.25, 0.3) is 0 Å². The molecule has 1 fully saturated rings. The number of rotatable bonds is 7. The minimum atomic E-state index is -3.31. The molecule has 2 aromatic rings. The molecule has 0 radical (unpaired) electrons. The summed E-state index contributed by atoms with van der Waals surface area (Å²) in [6.45, 7) is 5.04. The lowest BCUT2D eigenvalue weighted by molar-refractivity contribution is 0.272. The van der Waals surface area contributed by atoms with E-state index in [2.05, 4.69) is 72.1 Å². The molecule has 1 aliphatic heterocycles. The van der Waals surface area contributed by atoms with E-state index in [0.29, 0.717) is 6.42 Å². The summed E-state index contributed by atoms with van der Waals surface area (Å²) < 4.78 is 28.1. The van der Waals surface area contributed by atoms with Crippen LogP contribution in [0.3, 0.4) is 0 Å². The Hall–Kier alpha value is -0.730. The van der Waals surface area contributed by atoms with Gasteiger partial charge in [-0.2, -0.15) is 8.42 Å². The van der Waals surface area contributed by atoms with Crippen LogP contribution in [0.2, 0.25) is 0 Å². The Labute approximate surface area is 192 Å². The summed E-state index contributed by atoms with van der Waals surface area (Å²) in [7, 11) is -3.31. The Morgan fingerprint density at radius 3 is 1.93 bits per heavy atom. The van der Waals surface area contributed by atoms with Gasteiger partial charge in [0, 0.05) is 21.5 Å². The Balaban J connectivity index is 0.000000208. The van der Waals surface area contributed by atoms with Crippen molar-refractivity contribution in [1.29, 1.82) is 0 Å². The van der Waals surface area contributed by atoms with Gasteiger partial charge in [0.1, 0.15) is 0 Å². The van der Waals surface area contributed by atoms with Gasteiger partial charge in [0.15, 0.2) is 0 Å². The fourth-order valence-corrected chi connectivity index (χ4v) is 4.13. The van der Waals surface area contributed by atoms with Crippen LogP contribution in [0.1, 0.15) is 30.9 Å². The highest BCUT2D eigenvalue weighted by molar-refractivity contribution is 9.10. The second-order valence-electron chi connectivity index (χ2n) is 7.31. The summed E-state index contributed by atoms with van der Waals surface area (Å²) in [4.78, 5) is 2.60. The Morgan fingerprint density at radius 2 is 1.48 bits per heavy atom. The molecule has 4 nitrogen and oxygen atoms in total. The minimum Gasteiger partial charge on any atom is -0.300 e. The number of hydrogen-bond donors (Lipinski definition) is 0. The van der Waals surface area contributed by atoms with Gasteiger partial charge < -0.3 is 4.90 Å². The molecular weight excluding hydrogens is 518 g/mol. The molecule has 1 heterocycles. The topological polar surface area (TPSA) is 46.6 Å². The Kier molecular flexibility index (Phi) is 10.3. The lowest BCUT2D eigenvalue weighted by Crippen LogP contribution is -2.28. The molecule has 29 heavy (non-hydrogen) atoms. The smallest absolute Gasteiger partial charge is 0.264 e. The highest BCUT2D eigenvalue weighted by atomic mass is 79.9. The van der Waals surface area contributed by atoms with E-state index in [4.69, 9.17) is 0 Å². The Morgan fingerprint density at radius 1 is 0.966 bits per heavy atom. The third-order valence-electron chi connectivity index (χ3n) is 4.89. The zero-order valence-corrected chi connectivity index (χ0v) is 21.0. The first-order chi connectivity index (χ1) is 13.7. The second kappa shape index (κ2) is 12.2. The van der Waals surface area contributed by atoms with Crippen molar-refractivity contribution in [3.8, 4) is 0 Å². The third kappa shape index (κ3) is 10.2. The average molecular weight is 547 g/mol. The first-order valence-corrected chi connectivity index (χ1v) is 13.2. The van der Waals surface area contributed by atoms with Gasteiger partial charge in [0.05, 0.1) is 12.9 Å². The molecule has 1 aliphatic rings. The molecule has 1 saturated heterocycles. The van der Waals surface area contributed by atoms with Gasteiger partial charge in [-0.15, -0.1) is 0 Å². The molecule has 0 N–H and O–H groups in total. The van der Waals surface area contributed by atoms with Crippen LogP contribution >= 0.6 is 31.9 Å². The van der Waals surface area contributed by atoms with Gasteiger partial charge in [0.25, 0.3) is 10.1 Å². The summed E-state index contributed by atoms with van der Waals surface area (Å²) >= 11 is 6.78. The SMILES string of the molecule is CS(=O)(=O)OCCc1ccc(Br)cc1.C[C@@H]1CCCN1CCc1ccc(Br)cc1. The minimum absolute atomic E-state index is 0.195. The highest BCUT2D eigenvalue weighted by Gasteiger charge is 2.19. The maximum atomic E-state index is 10.6. The van der Waals surface area contributed by atoms with Crippen LogP contribution in [-0.2, 0) is 27.1 Å². The summed E-state index contributed by atoms with van der Waals surface area (Å²) in [5, 5.41) is 0. The van der Waals surface area contributed by atoms with Gasteiger partial charge in [-0.3, -0.25) is 4.18 Å². The molecule has 0 aliphatic carbocycles. The lowest BCUT2D eigenvalue weighted by atomic mass is 10.1. The molecule has 2 aromatic carbocycles. The summed E-state index contributed by atoms with van der Waals surface area (Å²) in [5.74, 6) is 0. The first kappa shape index (κ1) is 24.5. The van der Waals surface area contributed by atoms with E-state index < -0.39 is 10.1 Å². The summed E-state index contributed by atoms with van der Waals surface area (Å²) in [6.07, 6.45) is 5.58. The number of hydrogen-bond acceptors (Lipinski definition) is 4. The molecule has 3 rings (SSSR count). The van der Waals surface area contributed by atoms with Crippen LogP contribution < -0.4 is 0 Å². The van der Waals surface area contributed by atoms with Crippen LogP contribution in [0, 0.1) is 0 Å². The molecule has 7 heteroatoms. The summed E-state index contributed by atoms with van der Waals surface area (Å²) in [5.41, 5.74) is 2.49. The molecule has 0 unspecified atom stereocenters. The maximum absolute atomic E-state index is 10.6. The van der Waals surface area contributed by atoms with Crippen molar-refractivity contribution >= 4 is 42.0 Å². The van der Waals surface area contributed by atoms with E-state index in [0.717, 1.165) is 22.3 Å². The molecule has 160 valence electrons. The highest BCUT2D eigenvalue weighted by Crippen LogP contribution is 2.17. The van der Waals surface area contributed by atoms with Crippen LogP contribution in [-0.4, -0.2) is 45.3 Å². The van der Waals surface area contributed by atoms with Crippen molar-refractivity contribution in [1.82, 2.24) is 4.90 Å². The van der Waals surface area contributed by atoms with Crippen molar-refractivity contribution in [2.24, 2.45) is 0 Å². The van der Waals surface area contributed by atoms with Crippen molar-refractivity contribution in [3.05, 3.63) is 68.6 Å². The number of likely N-dealkylation sites (tertiary alicyclic amines) is 1. The maximum Gasteiger partial charge on any atom is 0.264 e. The molecule has 0 saturated carbocycles. The third-order valence-corrected chi connectivity index (χ3v) is 6.55. The quantitative estimate of drug-likeness (QED) is 0.433. The van der Waals surface area contributed by atoms with Crippen LogP contribution in [0.15, 0.2) is 57.5 Å². The number of benzene rings is 2. The lowest BCUT2D eigenvalue weighted by Gasteiger charge is -2.20. The van der Waals surface area contributed by atoms with Gasteiger partial charge in [0.2, 0.25) is 0 Å². The molecule has 0 amide bonds. The van der Waals surface area contributed by atoms with Crippen molar-refractivity contribution in [2.45, 2.75) is 38.6 Å². The van der Waals surface area contributed by atoms with Crippen molar-refractivity contribution in [3.63, 3.8) is 0 Å². The van der Waals surface area contributed by atoms with E-state index in [1.165, 1.54) is 42.4 Å².